The molecular formula is C34H47NO8. The lowest BCUT2D eigenvalue weighted by Gasteiger charge is -2.69. The highest BCUT2D eigenvalue weighted by Gasteiger charge is 2.84. The van der Waals surface area contributed by atoms with Gasteiger partial charge in [0.2, 0.25) is 0 Å². The molecule has 12 atom stereocenters. The number of rotatable bonds is 8. The molecule has 1 heterocycles. The summed E-state index contributed by atoms with van der Waals surface area (Å²) in [5.74, 6) is 0.952. The number of hydrogen-bond donors (Lipinski definition) is 0. The highest BCUT2D eigenvalue weighted by Crippen LogP contribution is 2.80. The number of methoxy groups -OCH3 is 4. The smallest absolute Gasteiger partial charge is 0.338 e. The summed E-state index contributed by atoms with van der Waals surface area (Å²) >= 11 is 0. The molecule has 0 unspecified atom stereocenters. The van der Waals surface area contributed by atoms with Crippen LogP contribution in [0.5, 0.6) is 11.5 Å². The quantitative estimate of drug-likeness (QED) is 0.406. The minimum Gasteiger partial charge on any atom is -0.493 e. The molecule has 5 saturated carbocycles. The molecule has 0 aromatic heterocycles. The Bertz CT molecular complexity index is 1300. The predicted octanol–water partition coefficient (Wildman–Crippen LogP) is 4.36. The van der Waals surface area contributed by atoms with E-state index in [0.29, 0.717) is 29.4 Å². The third-order valence-electron chi connectivity index (χ3n) is 13.1. The van der Waals surface area contributed by atoms with Gasteiger partial charge in [-0.25, -0.2) is 4.79 Å². The number of ether oxygens (including phenoxy) is 6. The molecule has 6 fully saturated rings. The molecule has 1 saturated heterocycles. The van der Waals surface area contributed by atoms with Crippen LogP contribution in [-0.2, 0) is 23.7 Å². The highest BCUT2D eigenvalue weighted by molar-refractivity contribution is 5.90. The van der Waals surface area contributed by atoms with Crippen molar-refractivity contribution in [1.82, 2.24) is 4.90 Å². The van der Waals surface area contributed by atoms with Gasteiger partial charge in [0.25, 0.3) is 0 Å². The Morgan fingerprint density at radius 1 is 1.02 bits per heavy atom. The van der Waals surface area contributed by atoms with Gasteiger partial charge in [0.05, 0.1) is 32.0 Å². The lowest BCUT2D eigenvalue weighted by atomic mass is 9.43. The van der Waals surface area contributed by atoms with Crippen LogP contribution < -0.4 is 9.47 Å². The van der Waals surface area contributed by atoms with Gasteiger partial charge in [-0.15, -0.1) is 0 Å². The van der Waals surface area contributed by atoms with Crippen molar-refractivity contribution >= 4 is 11.9 Å². The first-order valence-electron chi connectivity index (χ1n) is 16.1. The topological polar surface area (TPSA) is 92.8 Å². The van der Waals surface area contributed by atoms with Gasteiger partial charge in [-0.2, -0.15) is 0 Å². The summed E-state index contributed by atoms with van der Waals surface area (Å²) < 4.78 is 36.9. The first-order chi connectivity index (χ1) is 20.6. The molecule has 9 heteroatoms. The Balaban J connectivity index is 1.42. The molecule has 43 heavy (non-hydrogen) atoms. The van der Waals surface area contributed by atoms with Crippen molar-refractivity contribution in [3.63, 3.8) is 0 Å². The molecule has 6 aliphatic rings. The van der Waals surface area contributed by atoms with E-state index in [9.17, 15) is 9.59 Å². The highest BCUT2D eigenvalue weighted by atomic mass is 16.6. The van der Waals surface area contributed by atoms with Crippen LogP contribution in [0.2, 0.25) is 0 Å². The third-order valence-corrected chi connectivity index (χ3v) is 13.1. The molecule has 1 aromatic rings. The molecule has 7 bridgehead atoms. The largest absolute Gasteiger partial charge is 0.493 e. The van der Waals surface area contributed by atoms with Crippen LogP contribution in [-0.4, -0.2) is 88.3 Å². The van der Waals surface area contributed by atoms with Gasteiger partial charge in [0.15, 0.2) is 11.5 Å². The van der Waals surface area contributed by atoms with Crippen LogP contribution in [0.25, 0.3) is 0 Å². The molecule has 0 amide bonds. The van der Waals surface area contributed by atoms with Gasteiger partial charge in [0, 0.05) is 63.3 Å². The Kier molecular flexibility index (Phi) is 6.88. The lowest BCUT2D eigenvalue weighted by Crippen LogP contribution is -2.76. The van der Waals surface area contributed by atoms with E-state index in [4.69, 9.17) is 28.4 Å². The zero-order valence-electron chi connectivity index (χ0n) is 26.6. The summed E-state index contributed by atoms with van der Waals surface area (Å²) in [6, 6.07) is 5.39. The maximum atomic E-state index is 14.3. The van der Waals surface area contributed by atoms with Crippen molar-refractivity contribution in [3.8, 4) is 11.5 Å². The average Bonchev–Trinajstić information content (AvgIpc) is 3.44. The van der Waals surface area contributed by atoms with Gasteiger partial charge < -0.3 is 28.4 Å². The van der Waals surface area contributed by atoms with Gasteiger partial charge in [-0.05, 0) is 67.7 Å². The number of piperidine rings is 1. The Morgan fingerprint density at radius 3 is 2.44 bits per heavy atom. The Labute approximate surface area is 254 Å². The number of carbonyl (C=O) groups excluding carboxylic acids is 2. The van der Waals surface area contributed by atoms with Crippen molar-refractivity contribution in [1.29, 1.82) is 0 Å². The van der Waals surface area contributed by atoms with E-state index in [1.165, 1.54) is 6.92 Å². The molecule has 5 aliphatic carbocycles. The summed E-state index contributed by atoms with van der Waals surface area (Å²) in [4.78, 5) is 29.6. The summed E-state index contributed by atoms with van der Waals surface area (Å²) in [6.07, 6.45) is 4.15. The van der Waals surface area contributed by atoms with Crippen molar-refractivity contribution in [2.75, 3.05) is 41.5 Å². The van der Waals surface area contributed by atoms with Crippen LogP contribution in [0.4, 0.5) is 0 Å². The van der Waals surface area contributed by atoms with Gasteiger partial charge in [-0.1, -0.05) is 13.8 Å². The van der Waals surface area contributed by atoms with Crippen molar-refractivity contribution in [3.05, 3.63) is 23.8 Å². The fourth-order valence-corrected chi connectivity index (χ4v) is 12.0. The molecule has 0 N–H and O–H groups in total. The van der Waals surface area contributed by atoms with E-state index >= 15 is 0 Å². The minimum absolute atomic E-state index is 0.0482. The third kappa shape index (κ3) is 3.67. The minimum atomic E-state index is -0.854. The van der Waals surface area contributed by atoms with E-state index in [1.807, 2.05) is 7.11 Å². The van der Waals surface area contributed by atoms with Crippen LogP contribution in [0.3, 0.4) is 0 Å². The van der Waals surface area contributed by atoms with E-state index in [0.717, 1.165) is 38.8 Å². The number of nitrogens with zero attached hydrogens (tertiary/aromatic N) is 1. The van der Waals surface area contributed by atoms with Crippen molar-refractivity contribution in [2.45, 2.75) is 82.8 Å². The molecule has 1 spiro atoms. The van der Waals surface area contributed by atoms with Gasteiger partial charge in [0.1, 0.15) is 11.7 Å². The summed E-state index contributed by atoms with van der Waals surface area (Å²) in [5.41, 5.74) is -0.386. The molecule has 236 valence electrons. The average molecular weight is 598 g/mol. The molecule has 0 radical (unpaired) electrons. The van der Waals surface area contributed by atoms with Crippen molar-refractivity contribution in [2.24, 2.45) is 40.4 Å². The fourth-order valence-electron chi connectivity index (χ4n) is 12.0. The zero-order chi connectivity index (χ0) is 30.5. The van der Waals surface area contributed by atoms with E-state index < -0.39 is 5.60 Å². The second-order valence-corrected chi connectivity index (χ2v) is 14.3. The number of carbonyl (C=O) groups is 2. The molecular weight excluding hydrogens is 550 g/mol. The standard InChI is InChI=1S/C34H47NO8/c1-8-35-17-32(3)12-11-27(41-7)34-21-14-20-25(40-6)16-33(22(30(34)35)15-26(32)34,28(21)29(20)42-18(2)36)43-31(37)19-9-10-23(38-4)24(13-19)39-5/h9-10,13,20-22,25-30H,8,11-12,14-17H2,1-7H3/t20-,21-,22+,25+,26-,27+,28-,29+,30-,32+,33+,34-/m1/s1. The lowest BCUT2D eigenvalue weighted by molar-refractivity contribution is -0.271. The molecule has 1 aromatic carbocycles. The van der Waals surface area contributed by atoms with Crippen LogP contribution >= 0.6 is 0 Å². The summed E-state index contributed by atoms with van der Waals surface area (Å²) in [5, 5.41) is 0. The number of likely N-dealkylation sites (tertiary alicyclic amines) is 1. The van der Waals surface area contributed by atoms with Crippen molar-refractivity contribution < 1.29 is 38.0 Å². The Hall–Kier alpha value is -2.36. The fraction of sp³-hybridized carbons (Fsp3) is 0.765. The first kappa shape index (κ1) is 29.4. The zero-order valence-corrected chi connectivity index (χ0v) is 26.6. The van der Waals surface area contributed by atoms with E-state index in [2.05, 4.69) is 18.7 Å². The number of hydrogen-bond acceptors (Lipinski definition) is 9. The van der Waals surface area contributed by atoms with Gasteiger partial charge >= 0.3 is 11.9 Å². The molecule has 1 aliphatic heterocycles. The second-order valence-electron chi connectivity index (χ2n) is 14.3. The maximum Gasteiger partial charge on any atom is 0.338 e. The normalized spacial score (nSPS) is 45.4. The number of esters is 2. The first-order valence-corrected chi connectivity index (χ1v) is 16.1. The molecule has 7 rings (SSSR count). The van der Waals surface area contributed by atoms with E-state index in [1.54, 1.807) is 39.5 Å². The van der Waals surface area contributed by atoms with Gasteiger partial charge in [-0.3, -0.25) is 9.69 Å². The second kappa shape index (κ2) is 10.1. The Morgan fingerprint density at radius 2 is 1.79 bits per heavy atom. The maximum absolute atomic E-state index is 14.3. The van der Waals surface area contributed by atoms with Crippen LogP contribution in [0.15, 0.2) is 18.2 Å². The summed E-state index contributed by atoms with van der Waals surface area (Å²) in [6.45, 7) is 8.22. The monoisotopic (exact) mass is 597 g/mol. The number of benzene rings is 1. The van der Waals surface area contributed by atoms with Crippen LogP contribution in [0, 0.1) is 40.4 Å². The predicted molar refractivity (Wildman–Crippen MR) is 157 cm³/mol. The van der Waals surface area contributed by atoms with Crippen LogP contribution in [0.1, 0.15) is 63.2 Å². The number of fused-ring (bicyclic) bond motifs is 2. The summed E-state index contributed by atoms with van der Waals surface area (Å²) in [7, 11) is 6.76. The van der Waals surface area contributed by atoms with E-state index in [-0.39, 0.29) is 70.8 Å². The molecule has 9 nitrogen and oxygen atoms in total. The SMILES string of the molecule is CCN1C[C@]2(C)CC[C@H](OC)[C@@]34[C@@H]5C[C@H]6[C@H](OC(C)=O)[C@@H]5[C@](OC(=O)c5ccc(OC)c(OC)c5)(C[C@@H]6OC)[C@@H](C[C@H]23)[C@@H]14.